The Labute approximate surface area is 486 Å². The zero-order valence-corrected chi connectivity index (χ0v) is 52.5. The van der Waals surface area contributed by atoms with Gasteiger partial charge in [-0.2, -0.15) is 0 Å². The number of rotatable bonds is 64. The summed E-state index contributed by atoms with van der Waals surface area (Å²) in [7, 11) is 0. The Kier molecular flexibility index (Phi) is 64.6. The maximum atomic E-state index is 12.9. The van der Waals surface area contributed by atoms with Crippen LogP contribution in [0.4, 0.5) is 0 Å². The largest absolute Gasteiger partial charge is 0.462 e. The lowest BCUT2D eigenvalue weighted by molar-refractivity contribution is -0.167. The van der Waals surface area contributed by atoms with Crippen LogP contribution in [0.5, 0.6) is 0 Å². The summed E-state index contributed by atoms with van der Waals surface area (Å²) in [5, 5.41) is 0. The molecular weight excluding hydrogens is 961 g/mol. The minimum absolute atomic E-state index is 0.0719. The van der Waals surface area contributed by atoms with E-state index in [4.69, 9.17) is 14.2 Å². The third-order valence-corrected chi connectivity index (χ3v) is 15.6. The van der Waals surface area contributed by atoms with Crippen LogP contribution in [0.3, 0.4) is 0 Å². The Morgan fingerprint density at radius 1 is 0.256 bits per heavy atom. The molecule has 0 heterocycles. The summed E-state index contributed by atoms with van der Waals surface area (Å²) in [6.07, 6.45) is 84.2. The van der Waals surface area contributed by atoms with Crippen molar-refractivity contribution in [1.29, 1.82) is 0 Å². The fourth-order valence-electron chi connectivity index (χ4n) is 10.3. The highest BCUT2D eigenvalue weighted by atomic mass is 16.6. The predicted molar refractivity (Wildman–Crippen MR) is 339 cm³/mol. The molecule has 6 nitrogen and oxygen atoms in total. The van der Waals surface area contributed by atoms with Crippen molar-refractivity contribution in [1.82, 2.24) is 0 Å². The topological polar surface area (TPSA) is 78.9 Å². The lowest BCUT2D eigenvalue weighted by Crippen LogP contribution is -2.30. The van der Waals surface area contributed by atoms with Gasteiger partial charge in [-0.1, -0.05) is 320 Å². The van der Waals surface area contributed by atoms with Crippen molar-refractivity contribution in [2.24, 2.45) is 0 Å². The van der Waals surface area contributed by atoms with Gasteiger partial charge in [0.15, 0.2) is 6.10 Å². The van der Waals surface area contributed by atoms with Gasteiger partial charge in [0.05, 0.1) is 0 Å². The predicted octanol–water partition coefficient (Wildman–Crippen LogP) is 23.7. The van der Waals surface area contributed by atoms with Crippen LogP contribution in [0.25, 0.3) is 0 Å². The van der Waals surface area contributed by atoms with Gasteiger partial charge >= 0.3 is 17.9 Å². The lowest BCUT2D eigenvalue weighted by atomic mass is 10.0. The van der Waals surface area contributed by atoms with Crippen LogP contribution >= 0.6 is 0 Å². The molecule has 0 aliphatic heterocycles. The van der Waals surface area contributed by atoms with Crippen molar-refractivity contribution >= 4 is 17.9 Å². The third-order valence-electron chi connectivity index (χ3n) is 15.6. The van der Waals surface area contributed by atoms with Crippen molar-refractivity contribution in [3.63, 3.8) is 0 Å². The molecule has 0 saturated carbocycles. The van der Waals surface area contributed by atoms with Gasteiger partial charge < -0.3 is 14.2 Å². The van der Waals surface area contributed by atoms with Crippen LogP contribution in [0.15, 0.2) is 48.6 Å². The molecule has 1 unspecified atom stereocenters. The van der Waals surface area contributed by atoms with Gasteiger partial charge in [-0.15, -0.1) is 0 Å². The summed E-state index contributed by atoms with van der Waals surface area (Å²) in [5.41, 5.74) is 0. The number of carbonyl (C=O) groups excluding carboxylic acids is 3. The zero-order valence-electron chi connectivity index (χ0n) is 52.5. The van der Waals surface area contributed by atoms with E-state index in [2.05, 4.69) is 69.4 Å². The average Bonchev–Trinajstić information content (AvgIpc) is 3.44. The van der Waals surface area contributed by atoms with Gasteiger partial charge in [0.2, 0.25) is 0 Å². The van der Waals surface area contributed by atoms with Gasteiger partial charge in [-0.3, -0.25) is 14.4 Å². The molecule has 0 aromatic carbocycles. The summed E-state index contributed by atoms with van der Waals surface area (Å²) in [6.45, 7) is 6.68. The van der Waals surface area contributed by atoms with Gasteiger partial charge in [-0.05, 0) is 83.5 Å². The van der Waals surface area contributed by atoms with E-state index in [1.807, 2.05) is 0 Å². The Hall–Kier alpha value is -2.63. The zero-order chi connectivity index (χ0) is 56.4. The van der Waals surface area contributed by atoms with Crippen molar-refractivity contribution in [3.8, 4) is 0 Å². The Morgan fingerprint density at radius 2 is 0.462 bits per heavy atom. The maximum Gasteiger partial charge on any atom is 0.306 e. The molecule has 456 valence electrons. The van der Waals surface area contributed by atoms with Gasteiger partial charge in [0, 0.05) is 19.3 Å². The SMILES string of the molecule is CCCCCCC/C=C\C/C=C\C/C=C\CCCCCCCCCCC(=O)OC(COC(=O)CCCCCCCCCCCCCC)COC(=O)CCCCCCCCCCCCCCC/C=C\CCCCCCCCCC. The number of allylic oxidation sites excluding steroid dienone is 8. The third kappa shape index (κ3) is 64.2. The normalized spacial score (nSPS) is 12.3. The minimum atomic E-state index is -0.776. The molecule has 78 heavy (non-hydrogen) atoms. The highest BCUT2D eigenvalue weighted by Gasteiger charge is 2.19. The van der Waals surface area contributed by atoms with E-state index >= 15 is 0 Å². The number of unbranched alkanes of at least 4 members (excludes halogenated alkanes) is 45. The standard InChI is InChI=1S/C72H132O6/c1-4-7-10-13-16-19-22-25-27-29-31-33-35-36-38-39-41-43-45-47-50-53-56-59-62-65-71(74)77-68-69(67-76-70(73)64-61-58-55-52-49-24-21-18-15-12-9-6-3)78-72(75)66-63-60-57-54-51-48-46-44-42-40-37-34-32-30-28-26-23-20-17-14-11-8-5-2/h23,26,29-32,37,40,69H,4-22,24-25,27-28,33-36,38-39,41-68H2,1-3H3/b26-23-,31-29-,32-30-,40-37-. The van der Waals surface area contributed by atoms with Crippen molar-refractivity contribution < 1.29 is 28.6 Å². The molecule has 0 amide bonds. The van der Waals surface area contributed by atoms with E-state index in [9.17, 15) is 14.4 Å². The highest BCUT2D eigenvalue weighted by molar-refractivity contribution is 5.71. The van der Waals surface area contributed by atoms with E-state index in [0.29, 0.717) is 19.3 Å². The molecule has 0 radical (unpaired) electrons. The molecule has 0 aromatic heterocycles. The summed E-state index contributed by atoms with van der Waals surface area (Å²) in [5.74, 6) is -0.856. The van der Waals surface area contributed by atoms with Crippen LogP contribution in [0.2, 0.25) is 0 Å². The second kappa shape index (κ2) is 66.9. The molecule has 1 atom stereocenters. The molecule has 0 saturated heterocycles. The number of hydrogen-bond acceptors (Lipinski definition) is 6. The minimum Gasteiger partial charge on any atom is -0.462 e. The first-order valence-electron chi connectivity index (χ1n) is 34.6. The molecular formula is C72H132O6. The summed E-state index contributed by atoms with van der Waals surface area (Å²) >= 11 is 0. The molecule has 0 bridgehead atoms. The maximum absolute atomic E-state index is 12.9. The molecule has 0 fully saturated rings. The lowest BCUT2D eigenvalue weighted by Gasteiger charge is -2.18. The quantitative estimate of drug-likeness (QED) is 0.0261. The van der Waals surface area contributed by atoms with E-state index in [-0.39, 0.29) is 31.1 Å². The number of carbonyl (C=O) groups is 3. The van der Waals surface area contributed by atoms with Gasteiger partial charge in [0.25, 0.3) is 0 Å². The van der Waals surface area contributed by atoms with Crippen molar-refractivity contribution in [2.75, 3.05) is 13.2 Å². The van der Waals surface area contributed by atoms with Crippen LogP contribution < -0.4 is 0 Å². The first-order chi connectivity index (χ1) is 38.5. The van der Waals surface area contributed by atoms with Crippen LogP contribution in [0.1, 0.15) is 374 Å². The molecule has 6 heteroatoms. The Morgan fingerprint density at radius 3 is 0.731 bits per heavy atom. The first kappa shape index (κ1) is 75.4. The van der Waals surface area contributed by atoms with Crippen molar-refractivity contribution in [3.05, 3.63) is 48.6 Å². The van der Waals surface area contributed by atoms with E-state index < -0.39 is 6.10 Å². The fraction of sp³-hybridized carbons (Fsp3) is 0.847. The average molecular weight is 1090 g/mol. The van der Waals surface area contributed by atoms with E-state index in [1.54, 1.807) is 0 Å². The van der Waals surface area contributed by atoms with Gasteiger partial charge in [0.1, 0.15) is 13.2 Å². The Bertz CT molecular complexity index is 1350. The summed E-state index contributed by atoms with van der Waals surface area (Å²) in [6, 6.07) is 0. The van der Waals surface area contributed by atoms with Crippen LogP contribution in [0, 0.1) is 0 Å². The number of esters is 3. The highest BCUT2D eigenvalue weighted by Crippen LogP contribution is 2.18. The number of ether oxygens (including phenoxy) is 3. The van der Waals surface area contributed by atoms with Crippen LogP contribution in [-0.2, 0) is 28.6 Å². The molecule has 0 rings (SSSR count). The summed E-state index contributed by atoms with van der Waals surface area (Å²) < 4.78 is 17.0. The van der Waals surface area contributed by atoms with E-state index in [1.165, 1.54) is 257 Å². The molecule has 0 aliphatic rings. The number of hydrogen-bond donors (Lipinski definition) is 0. The van der Waals surface area contributed by atoms with E-state index in [0.717, 1.165) is 77.0 Å². The van der Waals surface area contributed by atoms with Gasteiger partial charge in [-0.25, -0.2) is 0 Å². The molecule has 0 spiro atoms. The van der Waals surface area contributed by atoms with Crippen LogP contribution in [-0.4, -0.2) is 37.2 Å². The monoisotopic (exact) mass is 1090 g/mol. The fourth-order valence-corrected chi connectivity index (χ4v) is 10.3. The Balaban J connectivity index is 4.25. The molecule has 0 N–H and O–H groups in total. The second-order valence-electron chi connectivity index (χ2n) is 23.4. The second-order valence-corrected chi connectivity index (χ2v) is 23.4. The molecule has 0 aromatic rings. The summed E-state index contributed by atoms with van der Waals surface area (Å²) in [4.78, 5) is 38.4. The first-order valence-corrected chi connectivity index (χ1v) is 34.6. The smallest absolute Gasteiger partial charge is 0.306 e. The van der Waals surface area contributed by atoms with Crippen molar-refractivity contribution in [2.45, 2.75) is 380 Å². The molecule has 0 aliphatic carbocycles.